The summed E-state index contributed by atoms with van der Waals surface area (Å²) in [5.74, 6) is 1.47. The lowest BCUT2D eigenvalue weighted by atomic mass is 9.87. The SMILES string of the molecule is CC(CN)CCCNC(=O)CC1CCCCC1. The molecule has 1 amide bonds. The van der Waals surface area contributed by atoms with Crippen LogP contribution >= 0.6 is 0 Å². The van der Waals surface area contributed by atoms with E-state index in [0.29, 0.717) is 11.8 Å². The zero-order valence-electron chi connectivity index (χ0n) is 11.2. The highest BCUT2D eigenvalue weighted by Gasteiger charge is 2.16. The first kappa shape index (κ1) is 14.5. The molecule has 0 heterocycles. The van der Waals surface area contributed by atoms with E-state index in [0.717, 1.165) is 32.4 Å². The van der Waals surface area contributed by atoms with Gasteiger partial charge in [0.05, 0.1) is 0 Å². The third kappa shape index (κ3) is 6.67. The standard InChI is InChI=1S/C14H28N2O/c1-12(11-15)6-5-9-16-14(17)10-13-7-3-2-4-8-13/h12-13H,2-11,15H2,1H3,(H,16,17). The van der Waals surface area contributed by atoms with Gasteiger partial charge in [0.2, 0.25) is 5.91 Å². The van der Waals surface area contributed by atoms with Crippen molar-refractivity contribution in [3.05, 3.63) is 0 Å². The first-order valence-corrected chi connectivity index (χ1v) is 7.19. The van der Waals surface area contributed by atoms with Crippen LogP contribution in [0, 0.1) is 11.8 Å². The van der Waals surface area contributed by atoms with Crippen molar-refractivity contribution in [2.45, 2.75) is 58.3 Å². The summed E-state index contributed by atoms with van der Waals surface area (Å²) in [6, 6.07) is 0. The first-order chi connectivity index (χ1) is 8.22. The molecular weight excluding hydrogens is 212 g/mol. The van der Waals surface area contributed by atoms with E-state index in [-0.39, 0.29) is 5.91 Å². The molecule has 1 aliphatic carbocycles. The summed E-state index contributed by atoms with van der Waals surface area (Å²) in [5.41, 5.74) is 5.55. The van der Waals surface area contributed by atoms with E-state index in [1.54, 1.807) is 0 Å². The molecule has 0 aromatic heterocycles. The Labute approximate surface area is 106 Å². The highest BCUT2D eigenvalue weighted by Crippen LogP contribution is 2.25. The number of carbonyl (C=O) groups excluding carboxylic acids is 1. The summed E-state index contributed by atoms with van der Waals surface area (Å²) >= 11 is 0. The molecule has 1 saturated carbocycles. The smallest absolute Gasteiger partial charge is 0.220 e. The van der Waals surface area contributed by atoms with Crippen molar-refractivity contribution >= 4 is 5.91 Å². The van der Waals surface area contributed by atoms with E-state index in [1.807, 2.05) is 0 Å². The summed E-state index contributed by atoms with van der Waals surface area (Å²) < 4.78 is 0. The van der Waals surface area contributed by atoms with E-state index in [2.05, 4.69) is 12.2 Å². The van der Waals surface area contributed by atoms with Crippen LogP contribution in [0.5, 0.6) is 0 Å². The molecule has 0 spiro atoms. The zero-order chi connectivity index (χ0) is 12.5. The Kier molecular flexibility index (Phi) is 7.25. The van der Waals surface area contributed by atoms with Crippen LogP contribution in [-0.2, 0) is 4.79 Å². The molecule has 17 heavy (non-hydrogen) atoms. The lowest BCUT2D eigenvalue weighted by Gasteiger charge is -2.20. The molecule has 0 aromatic rings. The molecule has 0 aromatic carbocycles. The predicted octanol–water partition coefficient (Wildman–Crippen LogP) is 2.45. The van der Waals surface area contributed by atoms with Gasteiger partial charge in [-0.3, -0.25) is 4.79 Å². The van der Waals surface area contributed by atoms with Crippen molar-refractivity contribution in [1.29, 1.82) is 0 Å². The van der Waals surface area contributed by atoms with Gasteiger partial charge in [-0.1, -0.05) is 26.2 Å². The molecule has 0 bridgehead atoms. The van der Waals surface area contributed by atoms with Gasteiger partial charge >= 0.3 is 0 Å². The van der Waals surface area contributed by atoms with Crippen LogP contribution in [0.15, 0.2) is 0 Å². The van der Waals surface area contributed by atoms with Gasteiger partial charge in [0.15, 0.2) is 0 Å². The van der Waals surface area contributed by atoms with E-state index in [4.69, 9.17) is 5.73 Å². The number of rotatable bonds is 7. The molecule has 100 valence electrons. The fourth-order valence-corrected chi connectivity index (χ4v) is 2.52. The third-order valence-electron chi connectivity index (χ3n) is 3.80. The second-order valence-corrected chi connectivity index (χ2v) is 5.54. The Morgan fingerprint density at radius 1 is 1.35 bits per heavy atom. The van der Waals surface area contributed by atoms with Gasteiger partial charge in [0, 0.05) is 13.0 Å². The molecule has 0 saturated heterocycles. The molecule has 1 atom stereocenters. The second kappa shape index (κ2) is 8.51. The Morgan fingerprint density at radius 2 is 2.06 bits per heavy atom. The molecule has 3 heteroatoms. The lowest BCUT2D eigenvalue weighted by Crippen LogP contribution is -2.27. The fourth-order valence-electron chi connectivity index (χ4n) is 2.52. The van der Waals surface area contributed by atoms with Gasteiger partial charge in [0.25, 0.3) is 0 Å². The maximum atomic E-state index is 11.7. The van der Waals surface area contributed by atoms with Crippen LogP contribution in [0.1, 0.15) is 58.3 Å². The quantitative estimate of drug-likeness (QED) is 0.672. The van der Waals surface area contributed by atoms with Crippen LogP contribution in [0.3, 0.4) is 0 Å². The van der Waals surface area contributed by atoms with Crippen LogP contribution in [-0.4, -0.2) is 19.0 Å². The third-order valence-corrected chi connectivity index (χ3v) is 3.80. The predicted molar refractivity (Wildman–Crippen MR) is 71.7 cm³/mol. The van der Waals surface area contributed by atoms with Crippen LogP contribution < -0.4 is 11.1 Å². The average molecular weight is 240 g/mol. The van der Waals surface area contributed by atoms with Crippen molar-refractivity contribution in [2.24, 2.45) is 17.6 Å². The molecule has 1 unspecified atom stereocenters. The molecule has 1 rings (SSSR count). The minimum absolute atomic E-state index is 0.248. The molecule has 3 nitrogen and oxygen atoms in total. The van der Waals surface area contributed by atoms with Crippen molar-refractivity contribution < 1.29 is 4.79 Å². The molecule has 1 aliphatic rings. The monoisotopic (exact) mass is 240 g/mol. The summed E-state index contributed by atoms with van der Waals surface area (Å²) in [5, 5.41) is 3.03. The van der Waals surface area contributed by atoms with Crippen LogP contribution in [0.2, 0.25) is 0 Å². The van der Waals surface area contributed by atoms with Gasteiger partial charge < -0.3 is 11.1 Å². The highest BCUT2D eigenvalue weighted by molar-refractivity contribution is 5.76. The Bertz CT molecular complexity index is 212. The van der Waals surface area contributed by atoms with Crippen LogP contribution in [0.25, 0.3) is 0 Å². The number of amides is 1. The van der Waals surface area contributed by atoms with Gasteiger partial charge in [-0.25, -0.2) is 0 Å². The Balaban J connectivity index is 2.00. The van der Waals surface area contributed by atoms with Gasteiger partial charge in [0.1, 0.15) is 0 Å². The van der Waals surface area contributed by atoms with Crippen molar-refractivity contribution in [2.75, 3.05) is 13.1 Å². The topological polar surface area (TPSA) is 55.1 Å². The first-order valence-electron chi connectivity index (χ1n) is 7.19. The summed E-state index contributed by atoms with van der Waals surface area (Å²) in [4.78, 5) is 11.7. The molecule has 3 N–H and O–H groups in total. The van der Waals surface area contributed by atoms with Crippen molar-refractivity contribution in [3.8, 4) is 0 Å². The Hall–Kier alpha value is -0.570. The number of hydrogen-bond acceptors (Lipinski definition) is 2. The molecule has 0 aliphatic heterocycles. The number of nitrogens with one attached hydrogen (secondary N) is 1. The number of nitrogens with two attached hydrogens (primary N) is 1. The fraction of sp³-hybridized carbons (Fsp3) is 0.929. The summed E-state index contributed by atoms with van der Waals surface area (Å²) in [7, 11) is 0. The number of carbonyl (C=O) groups is 1. The van der Waals surface area contributed by atoms with Gasteiger partial charge in [-0.15, -0.1) is 0 Å². The van der Waals surface area contributed by atoms with E-state index in [1.165, 1.54) is 32.1 Å². The summed E-state index contributed by atoms with van der Waals surface area (Å²) in [6.45, 7) is 3.72. The number of hydrogen-bond donors (Lipinski definition) is 2. The normalized spacial score (nSPS) is 18.9. The maximum Gasteiger partial charge on any atom is 0.220 e. The molecule has 0 radical (unpaired) electrons. The van der Waals surface area contributed by atoms with Crippen molar-refractivity contribution in [1.82, 2.24) is 5.32 Å². The molecular formula is C14H28N2O. The highest BCUT2D eigenvalue weighted by atomic mass is 16.1. The lowest BCUT2D eigenvalue weighted by molar-refractivity contribution is -0.122. The largest absolute Gasteiger partial charge is 0.356 e. The zero-order valence-corrected chi connectivity index (χ0v) is 11.2. The minimum Gasteiger partial charge on any atom is -0.356 e. The molecule has 1 fully saturated rings. The van der Waals surface area contributed by atoms with E-state index in [9.17, 15) is 4.79 Å². The Morgan fingerprint density at radius 3 is 2.71 bits per heavy atom. The minimum atomic E-state index is 0.248. The van der Waals surface area contributed by atoms with E-state index >= 15 is 0 Å². The van der Waals surface area contributed by atoms with Crippen molar-refractivity contribution in [3.63, 3.8) is 0 Å². The average Bonchev–Trinajstić information content (AvgIpc) is 2.35. The van der Waals surface area contributed by atoms with Gasteiger partial charge in [-0.2, -0.15) is 0 Å². The summed E-state index contributed by atoms with van der Waals surface area (Å²) in [6.07, 6.45) is 9.38. The maximum absolute atomic E-state index is 11.7. The van der Waals surface area contributed by atoms with Gasteiger partial charge in [-0.05, 0) is 44.1 Å². The second-order valence-electron chi connectivity index (χ2n) is 5.54. The van der Waals surface area contributed by atoms with E-state index < -0.39 is 0 Å². The van der Waals surface area contributed by atoms with Crippen LogP contribution in [0.4, 0.5) is 0 Å².